The number of benzene rings is 3. The van der Waals surface area contributed by atoms with E-state index in [4.69, 9.17) is 9.47 Å². The van der Waals surface area contributed by atoms with Gasteiger partial charge in [-0.25, -0.2) is 4.39 Å². The molecule has 0 heterocycles. The molecule has 1 N–H and O–H groups in total. The highest BCUT2D eigenvalue weighted by atomic mass is 19.1. The van der Waals surface area contributed by atoms with Crippen molar-refractivity contribution >= 4 is 0 Å². The molecule has 23 heavy (non-hydrogen) atoms. The van der Waals surface area contributed by atoms with Crippen LogP contribution >= 0.6 is 0 Å². The lowest BCUT2D eigenvalue weighted by atomic mass is 10.2. The molecule has 3 aromatic rings. The van der Waals surface area contributed by atoms with Gasteiger partial charge in [0, 0.05) is 6.07 Å². The Morgan fingerprint density at radius 2 is 1.61 bits per heavy atom. The monoisotopic (exact) mass is 310 g/mol. The van der Waals surface area contributed by atoms with E-state index < -0.39 is 5.82 Å². The number of para-hydroxylation sites is 1. The summed E-state index contributed by atoms with van der Waals surface area (Å²) in [5, 5.41) is 9.65. The van der Waals surface area contributed by atoms with Crippen molar-refractivity contribution in [3.05, 3.63) is 84.2 Å². The maximum absolute atomic E-state index is 13.2. The Kier molecular flexibility index (Phi) is 4.43. The van der Waals surface area contributed by atoms with E-state index in [1.165, 1.54) is 12.1 Å². The van der Waals surface area contributed by atoms with E-state index in [1.807, 2.05) is 54.6 Å². The van der Waals surface area contributed by atoms with E-state index >= 15 is 0 Å². The molecule has 0 aliphatic rings. The van der Waals surface area contributed by atoms with Crippen LogP contribution in [0.1, 0.15) is 5.56 Å². The quantitative estimate of drug-likeness (QED) is 0.728. The molecule has 0 spiro atoms. The number of ether oxygens (including phenoxy) is 2. The number of rotatable bonds is 5. The molecule has 0 atom stereocenters. The van der Waals surface area contributed by atoms with Gasteiger partial charge in [0.25, 0.3) is 0 Å². The second kappa shape index (κ2) is 6.83. The largest absolute Gasteiger partial charge is 0.504 e. The lowest BCUT2D eigenvalue weighted by Crippen LogP contribution is -1.96. The van der Waals surface area contributed by atoms with Gasteiger partial charge in [-0.3, -0.25) is 0 Å². The number of hydrogen-bond acceptors (Lipinski definition) is 3. The Morgan fingerprint density at radius 3 is 2.43 bits per heavy atom. The van der Waals surface area contributed by atoms with Crippen LogP contribution in [0.25, 0.3) is 0 Å². The Balaban J connectivity index is 1.69. The lowest BCUT2D eigenvalue weighted by Gasteiger charge is -2.10. The molecule has 4 heteroatoms. The molecule has 0 aliphatic heterocycles. The van der Waals surface area contributed by atoms with Crippen LogP contribution in [-0.4, -0.2) is 5.11 Å². The van der Waals surface area contributed by atoms with Crippen LogP contribution in [0.3, 0.4) is 0 Å². The van der Waals surface area contributed by atoms with Crippen molar-refractivity contribution in [2.24, 2.45) is 0 Å². The van der Waals surface area contributed by atoms with Gasteiger partial charge in [-0.05, 0) is 42.0 Å². The summed E-state index contributed by atoms with van der Waals surface area (Å²) in [6.45, 7) is 0.197. The highest BCUT2D eigenvalue weighted by Gasteiger charge is 2.05. The Labute approximate surface area is 133 Å². The Bertz CT molecular complexity index is 788. The van der Waals surface area contributed by atoms with Crippen LogP contribution in [0.15, 0.2) is 72.8 Å². The summed E-state index contributed by atoms with van der Waals surface area (Å²) in [4.78, 5) is 0. The van der Waals surface area contributed by atoms with Crippen LogP contribution in [0, 0.1) is 5.82 Å². The zero-order chi connectivity index (χ0) is 16.1. The summed E-state index contributed by atoms with van der Waals surface area (Å²) in [5.74, 6) is 0.982. The summed E-state index contributed by atoms with van der Waals surface area (Å²) < 4.78 is 24.4. The molecular formula is C19H15FO3. The molecule has 116 valence electrons. The molecule has 0 fully saturated rings. The van der Waals surface area contributed by atoms with Crippen molar-refractivity contribution in [3.63, 3.8) is 0 Å². The van der Waals surface area contributed by atoms with Gasteiger partial charge in [0.2, 0.25) is 0 Å². The minimum atomic E-state index is -0.459. The average Bonchev–Trinajstić information content (AvgIpc) is 2.57. The van der Waals surface area contributed by atoms with E-state index in [-0.39, 0.29) is 18.1 Å². The standard InChI is InChI=1S/C19H15FO3/c20-15-9-10-18(21)19(12-15)22-13-14-5-4-8-17(11-14)23-16-6-2-1-3-7-16/h1-12,21H,13H2. The number of phenols is 1. The van der Waals surface area contributed by atoms with Crippen molar-refractivity contribution in [2.45, 2.75) is 6.61 Å². The van der Waals surface area contributed by atoms with Crippen LogP contribution < -0.4 is 9.47 Å². The van der Waals surface area contributed by atoms with Crippen molar-refractivity contribution in [1.29, 1.82) is 0 Å². The zero-order valence-corrected chi connectivity index (χ0v) is 12.3. The summed E-state index contributed by atoms with van der Waals surface area (Å²) in [5.41, 5.74) is 0.849. The van der Waals surface area contributed by atoms with Gasteiger partial charge >= 0.3 is 0 Å². The molecule has 0 unspecified atom stereocenters. The van der Waals surface area contributed by atoms with E-state index in [0.717, 1.165) is 17.4 Å². The third-order valence-corrected chi connectivity index (χ3v) is 3.19. The first-order chi connectivity index (χ1) is 11.2. The molecular weight excluding hydrogens is 295 g/mol. The van der Waals surface area contributed by atoms with Crippen LogP contribution in [0.4, 0.5) is 4.39 Å². The van der Waals surface area contributed by atoms with Crippen molar-refractivity contribution in [2.75, 3.05) is 0 Å². The molecule has 3 rings (SSSR count). The van der Waals surface area contributed by atoms with E-state index in [1.54, 1.807) is 0 Å². The molecule has 3 aromatic carbocycles. The van der Waals surface area contributed by atoms with E-state index in [2.05, 4.69) is 0 Å². The normalized spacial score (nSPS) is 10.3. The predicted octanol–water partition coefficient (Wildman–Crippen LogP) is 4.90. The molecule has 0 aromatic heterocycles. The molecule has 0 amide bonds. The van der Waals surface area contributed by atoms with Gasteiger partial charge in [-0.1, -0.05) is 30.3 Å². The molecule has 0 saturated carbocycles. The fourth-order valence-corrected chi connectivity index (χ4v) is 2.09. The van der Waals surface area contributed by atoms with Crippen LogP contribution in [0.2, 0.25) is 0 Å². The lowest BCUT2D eigenvalue weighted by molar-refractivity contribution is 0.287. The third kappa shape index (κ3) is 4.01. The number of aromatic hydroxyl groups is 1. The van der Waals surface area contributed by atoms with Crippen molar-refractivity contribution in [1.82, 2.24) is 0 Å². The number of hydrogen-bond donors (Lipinski definition) is 1. The van der Waals surface area contributed by atoms with Gasteiger partial charge < -0.3 is 14.6 Å². The van der Waals surface area contributed by atoms with Gasteiger partial charge in [-0.15, -0.1) is 0 Å². The highest BCUT2D eigenvalue weighted by Crippen LogP contribution is 2.28. The summed E-state index contributed by atoms with van der Waals surface area (Å²) in [6, 6.07) is 20.4. The van der Waals surface area contributed by atoms with Crippen molar-refractivity contribution < 1.29 is 19.0 Å². The van der Waals surface area contributed by atoms with E-state index in [0.29, 0.717) is 5.75 Å². The van der Waals surface area contributed by atoms with Gasteiger partial charge in [-0.2, -0.15) is 0 Å². The van der Waals surface area contributed by atoms with Crippen molar-refractivity contribution in [3.8, 4) is 23.0 Å². The van der Waals surface area contributed by atoms with Gasteiger partial charge in [0.15, 0.2) is 11.5 Å². The van der Waals surface area contributed by atoms with Gasteiger partial charge in [0.1, 0.15) is 23.9 Å². The van der Waals surface area contributed by atoms with Crippen LogP contribution in [0.5, 0.6) is 23.0 Å². The highest BCUT2D eigenvalue weighted by molar-refractivity contribution is 5.39. The molecule has 0 aliphatic carbocycles. The first-order valence-corrected chi connectivity index (χ1v) is 7.14. The smallest absolute Gasteiger partial charge is 0.164 e. The minimum Gasteiger partial charge on any atom is -0.504 e. The fraction of sp³-hybridized carbons (Fsp3) is 0.0526. The average molecular weight is 310 g/mol. The number of phenolic OH excluding ortho intramolecular Hbond substituents is 1. The minimum absolute atomic E-state index is 0.0944. The molecule has 0 bridgehead atoms. The Morgan fingerprint density at radius 1 is 0.826 bits per heavy atom. The summed E-state index contributed by atoms with van der Waals surface area (Å²) in [6.07, 6.45) is 0. The molecule has 3 nitrogen and oxygen atoms in total. The van der Waals surface area contributed by atoms with Gasteiger partial charge in [0.05, 0.1) is 0 Å². The first-order valence-electron chi connectivity index (χ1n) is 7.14. The maximum atomic E-state index is 13.2. The predicted molar refractivity (Wildman–Crippen MR) is 85.4 cm³/mol. The van der Waals surface area contributed by atoms with E-state index in [9.17, 15) is 9.50 Å². The first kappa shape index (κ1) is 14.9. The second-order valence-corrected chi connectivity index (χ2v) is 4.96. The molecule has 0 radical (unpaired) electrons. The second-order valence-electron chi connectivity index (χ2n) is 4.96. The maximum Gasteiger partial charge on any atom is 0.164 e. The molecule has 0 saturated heterocycles. The summed E-state index contributed by atoms with van der Waals surface area (Å²) in [7, 11) is 0. The third-order valence-electron chi connectivity index (χ3n) is 3.19. The SMILES string of the molecule is Oc1ccc(F)cc1OCc1cccc(Oc2ccccc2)c1. The Hall–Kier alpha value is -3.01. The summed E-state index contributed by atoms with van der Waals surface area (Å²) >= 11 is 0. The zero-order valence-electron chi connectivity index (χ0n) is 12.3. The fourth-order valence-electron chi connectivity index (χ4n) is 2.09. The topological polar surface area (TPSA) is 38.7 Å². The number of halogens is 1. The van der Waals surface area contributed by atoms with Crippen LogP contribution in [-0.2, 0) is 6.61 Å².